The van der Waals surface area contributed by atoms with E-state index < -0.39 is 0 Å². The molecule has 11 aromatic carbocycles. The molecule has 0 bridgehead atoms. The van der Waals surface area contributed by atoms with Crippen LogP contribution in [0.25, 0.3) is 98.8 Å². The predicted octanol–water partition coefficient (Wildman–Crippen LogP) is 22.9. The molecule has 392 valence electrons. The van der Waals surface area contributed by atoms with Crippen molar-refractivity contribution < 1.29 is 13.3 Å². The third-order valence-corrected chi connectivity index (χ3v) is 18.0. The SMILES string of the molecule is c1ccc(-c2ccc(N(c3ccc4c(c3)oc3cc(N(c5ccc(-c6ccccc6)cc5)c5cccc6c5oc5c(C7CCCCC7)cccc56)c5ccccc5c34)c3cccc4c3oc3c(C5CCCCC5)cccc34)cc2)cc1. The fourth-order valence-electron chi connectivity index (χ4n) is 14.1. The van der Waals surface area contributed by atoms with Crippen molar-refractivity contribution in [3.63, 3.8) is 0 Å². The molecule has 16 rings (SSSR count). The van der Waals surface area contributed by atoms with E-state index in [9.17, 15) is 0 Å². The van der Waals surface area contributed by atoms with Gasteiger partial charge in [-0.15, -0.1) is 0 Å². The van der Waals surface area contributed by atoms with Crippen molar-refractivity contribution in [2.45, 2.75) is 76.0 Å². The second-order valence-corrected chi connectivity index (χ2v) is 22.7. The van der Waals surface area contributed by atoms with Crippen LogP contribution >= 0.6 is 0 Å². The lowest BCUT2D eigenvalue weighted by Crippen LogP contribution is -2.11. The van der Waals surface area contributed by atoms with E-state index in [2.05, 4.69) is 240 Å². The maximum atomic E-state index is 7.28. The van der Waals surface area contributed by atoms with E-state index in [-0.39, 0.29) is 0 Å². The highest BCUT2D eigenvalue weighted by atomic mass is 16.3. The average Bonchev–Trinajstić information content (AvgIpc) is 4.47. The van der Waals surface area contributed by atoms with Gasteiger partial charge in [-0.2, -0.15) is 0 Å². The van der Waals surface area contributed by atoms with Crippen LogP contribution in [0.2, 0.25) is 0 Å². The highest BCUT2D eigenvalue weighted by Gasteiger charge is 2.28. The summed E-state index contributed by atoms with van der Waals surface area (Å²) < 4.78 is 21.8. The van der Waals surface area contributed by atoms with E-state index in [4.69, 9.17) is 13.3 Å². The Morgan fingerprint density at radius 3 is 1.25 bits per heavy atom. The van der Waals surface area contributed by atoms with E-state index in [0.29, 0.717) is 11.8 Å². The fourth-order valence-corrected chi connectivity index (χ4v) is 14.1. The zero-order chi connectivity index (χ0) is 53.4. The first-order valence-corrected chi connectivity index (χ1v) is 29.4. The smallest absolute Gasteiger partial charge is 0.159 e. The van der Waals surface area contributed by atoms with Gasteiger partial charge in [0.05, 0.1) is 22.7 Å². The van der Waals surface area contributed by atoms with Crippen LogP contribution in [0, 0.1) is 0 Å². The van der Waals surface area contributed by atoms with Crippen LogP contribution in [0.15, 0.2) is 244 Å². The quantitative estimate of drug-likeness (QED) is 0.137. The Labute approximate surface area is 471 Å². The van der Waals surface area contributed by atoms with Crippen molar-refractivity contribution in [1.82, 2.24) is 0 Å². The first-order chi connectivity index (χ1) is 40.2. The second kappa shape index (κ2) is 19.8. The average molecular weight is 1050 g/mol. The van der Waals surface area contributed by atoms with Gasteiger partial charge in [0.1, 0.15) is 22.3 Å². The van der Waals surface area contributed by atoms with Crippen LogP contribution in [-0.2, 0) is 0 Å². The van der Waals surface area contributed by atoms with Crippen molar-refractivity contribution in [1.29, 1.82) is 0 Å². The number of hydrogen-bond donors (Lipinski definition) is 0. The number of rotatable bonds is 10. The summed E-state index contributed by atoms with van der Waals surface area (Å²) in [4.78, 5) is 4.75. The largest absolute Gasteiger partial charge is 0.456 e. The summed E-state index contributed by atoms with van der Waals surface area (Å²) in [5.41, 5.74) is 18.8. The molecule has 0 unspecified atom stereocenters. The van der Waals surface area contributed by atoms with Gasteiger partial charge in [0.2, 0.25) is 0 Å². The Kier molecular flexibility index (Phi) is 11.6. The highest BCUT2D eigenvalue weighted by molar-refractivity contribution is 6.24. The number of fused-ring (bicyclic) bond motifs is 11. The summed E-state index contributed by atoms with van der Waals surface area (Å²) in [6.45, 7) is 0. The van der Waals surface area contributed by atoms with Crippen molar-refractivity contribution in [2.75, 3.05) is 9.80 Å². The Morgan fingerprint density at radius 1 is 0.272 bits per heavy atom. The van der Waals surface area contributed by atoms with E-state index in [1.807, 2.05) is 0 Å². The standard InChI is InChI=1S/C76H60N2O3/c1-5-19-49(20-6-1)51-37-41-55(42-38-51)77(67-35-17-33-64-62-31-15-29-58(73(62)80-75(64)67)53-23-9-3-10-24-53)57-45-46-66-70(47-57)79-71-48-69(60-27-13-14-28-61(60)72(66)71)78(56-43-39-52(40-44-56)50-21-7-2-8-22-50)68-36-18-34-65-63-32-16-30-59(74(63)81-76(65)68)54-25-11-4-12-26-54/h1-2,5-8,13-22,27-48,53-54H,3-4,9-12,23-26H2. The van der Waals surface area contributed by atoms with E-state index >= 15 is 0 Å². The maximum Gasteiger partial charge on any atom is 0.159 e. The molecule has 2 aliphatic rings. The predicted molar refractivity (Wildman–Crippen MR) is 338 cm³/mol. The Balaban J connectivity index is 0.886. The Hall–Kier alpha value is -9.32. The zero-order valence-corrected chi connectivity index (χ0v) is 45.3. The van der Waals surface area contributed by atoms with Crippen LogP contribution in [-0.4, -0.2) is 0 Å². The van der Waals surface area contributed by atoms with Gasteiger partial charge in [0.15, 0.2) is 11.2 Å². The van der Waals surface area contributed by atoms with Crippen LogP contribution < -0.4 is 9.80 Å². The van der Waals surface area contributed by atoms with Gasteiger partial charge in [-0.25, -0.2) is 0 Å². The summed E-state index contributed by atoms with van der Waals surface area (Å²) in [6, 6.07) is 83.8. The molecule has 2 fully saturated rings. The van der Waals surface area contributed by atoms with Gasteiger partial charge in [0.25, 0.3) is 0 Å². The van der Waals surface area contributed by atoms with Gasteiger partial charge in [0, 0.05) is 61.2 Å². The second-order valence-electron chi connectivity index (χ2n) is 22.7. The molecule has 3 heterocycles. The summed E-state index contributed by atoms with van der Waals surface area (Å²) in [5, 5.41) is 8.96. The molecule has 0 spiro atoms. The molecule has 0 aliphatic heterocycles. The molecule has 0 N–H and O–H groups in total. The Bertz CT molecular complexity index is 4650. The van der Waals surface area contributed by atoms with E-state index in [1.165, 1.54) is 97.2 Å². The van der Waals surface area contributed by atoms with E-state index in [0.717, 1.165) is 111 Å². The topological polar surface area (TPSA) is 45.9 Å². The number of nitrogens with zero attached hydrogens (tertiary/aromatic N) is 2. The molecule has 0 atom stereocenters. The number of para-hydroxylation sites is 4. The normalized spacial score (nSPS) is 14.6. The molecule has 81 heavy (non-hydrogen) atoms. The summed E-state index contributed by atoms with van der Waals surface area (Å²) in [6.07, 6.45) is 12.5. The summed E-state index contributed by atoms with van der Waals surface area (Å²) in [7, 11) is 0. The molecule has 14 aromatic rings. The minimum absolute atomic E-state index is 0.499. The molecule has 0 radical (unpaired) electrons. The summed E-state index contributed by atoms with van der Waals surface area (Å²) in [5.74, 6) is 1.00. The lowest BCUT2D eigenvalue weighted by atomic mass is 9.83. The Morgan fingerprint density at radius 2 is 0.704 bits per heavy atom. The molecular formula is C76H60N2O3. The molecular weight excluding hydrogens is 989 g/mol. The van der Waals surface area contributed by atoms with Crippen molar-refractivity contribution in [2.24, 2.45) is 0 Å². The number of anilines is 6. The van der Waals surface area contributed by atoms with Gasteiger partial charge in [-0.05, 0) is 125 Å². The lowest BCUT2D eigenvalue weighted by molar-refractivity contribution is 0.442. The summed E-state index contributed by atoms with van der Waals surface area (Å²) >= 11 is 0. The van der Waals surface area contributed by atoms with Gasteiger partial charge >= 0.3 is 0 Å². The zero-order valence-electron chi connectivity index (χ0n) is 45.3. The van der Waals surface area contributed by atoms with Gasteiger partial charge in [-0.3, -0.25) is 0 Å². The first-order valence-electron chi connectivity index (χ1n) is 29.4. The molecule has 3 aromatic heterocycles. The third-order valence-electron chi connectivity index (χ3n) is 18.0. The molecule has 0 saturated heterocycles. The molecule has 2 aliphatic carbocycles. The molecule has 5 nitrogen and oxygen atoms in total. The lowest BCUT2D eigenvalue weighted by Gasteiger charge is -2.27. The molecule has 5 heteroatoms. The number of hydrogen-bond acceptors (Lipinski definition) is 5. The highest BCUT2D eigenvalue weighted by Crippen LogP contribution is 2.51. The minimum atomic E-state index is 0.499. The van der Waals surface area contributed by atoms with Gasteiger partial charge < -0.3 is 23.1 Å². The monoisotopic (exact) mass is 1050 g/mol. The van der Waals surface area contributed by atoms with Crippen LogP contribution in [0.1, 0.15) is 87.2 Å². The van der Waals surface area contributed by atoms with E-state index in [1.54, 1.807) is 0 Å². The maximum absolute atomic E-state index is 7.28. The third kappa shape index (κ3) is 8.12. The van der Waals surface area contributed by atoms with Gasteiger partial charge in [-0.1, -0.05) is 208 Å². The minimum Gasteiger partial charge on any atom is -0.456 e. The first kappa shape index (κ1) is 47.7. The van der Waals surface area contributed by atoms with Crippen LogP contribution in [0.3, 0.4) is 0 Å². The van der Waals surface area contributed by atoms with Crippen molar-refractivity contribution in [3.8, 4) is 22.3 Å². The number of benzene rings is 11. The van der Waals surface area contributed by atoms with Crippen molar-refractivity contribution in [3.05, 3.63) is 242 Å². The molecule has 0 amide bonds. The molecule has 2 saturated carbocycles. The van der Waals surface area contributed by atoms with Crippen LogP contribution in [0.5, 0.6) is 0 Å². The number of furan rings is 3. The van der Waals surface area contributed by atoms with Crippen molar-refractivity contribution >= 4 is 111 Å². The van der Waals surface area contributed by atoms with Crippen LogP contribution in [0.4, 0.5) is 34.1 Å². The fraction of sp³-hybridized carbons (Fsp3) is 0.158.